The van der Waals surface area contributed by atoms with Crippen molar-refractivity contribution in [2.24, 2.45) is 5.92 Å². The Morgan fingerprint density at radius 3 is 2.19 bits per heavy atom. The third-order valence-corrected chi connectivity index (χ3v) is 3.70. The summed E-state index contributed by atoms with van der Waals surface area (Å²) in [6, 6.07) is 1.37. The van der Waals surface area contributed by atoms with Crippen molar-refractivity contribution in [3.8, 4) is 0 Å². The van der Waals surface area contributed by atoms with E-state index in [1.54, 1.807) is 0 Å². The van der Waals surface area contributed by atoms with Crippen LogP contribution in [-0.4, -0.2) is 37.1 Å². The molecule has 16 heavy (non-hydrogen) atoms. The van der Waals surface area contributed by atoms with Crippen molar-refractivity contribution in [1.82, 2.24) is 10.2 Å². The maximum absolute atomic E-state index is 3.46. The normalized spacial score (nSPS) is 15.8. The van der Waals surface area contributed by atoms with E-state index in [1.165, 1.54) is 25.8 Å². The topological polar surface area (TPSA) is 15.3 Å². The van der Waals surface area contributed by atoms with Gasteiger partial charge in [-0.2, -0.15) is 0 Å². The standard InChI is InChI=1S/C14H32N2/c1-7-10-15-11-8-9-13(4)16(6)14(5)12(2)3/h12-15H,7-11H2,1-6H3. The summed E-state index contributed by atoms with van der Waals surface area (Å²) in [6.07, 6.45) is 3.82. The second-order valence-corrected chi connectivity index (χ2v) is 5.39. The van der Waals surface area contributed by atoms with Crippen molar-refractivity contribution in [2.45, 2.75) is 66.0 Å². The molecule has 2 atom stereocenters. The van der Waals surface area contributed by atoms with Crippen molar-refractivity contribution < 1.29 is 0 Å². The molecule has 0 radical (unpaired) electrons. The zero-order chi connectivity index (χ0) is 12.6. The molecule has 0 saturated heterocycles. The molecule has 0 bridgehead atoms. The molecule has 98 valence electrons. The van der Waals surface area contributed by atoms with Gasteiger partial charge in [0.05, 0.1) is 0 Å². The van der Waals surface area contributed by atoms with Crippen molar-refractivity contribution in [2.75, 3.05) is 20.1 Å². The van der Waals surface area contributed by atoms with Crippen LogP contribution in [0.5, 0.6) is 0 Å². The quantitative estimate of drug-likeness (QED) is 0.610. The van der Waals surface area contributed by atoms with Crippen molar-refractivity contribution in [1.29, 1.82) is 0 Å². The van der Waals surface area contributed by atoms with Crippen LogP contribution in [0.1, 0.15) is 53.9 Å². The van der Waals surface area contributed by atoms with Crippen LogP contribution in [-0.2, 0) is 0 Å². The maximum Gasteiger partial charge on any atom is 0.00896 e. The predicted molar refractivity (Wildman–Crippen MR) is 73.9 cm³/mol. The molecule has 2 unspecified atom stereocenters. The van der Waals surface area contributed by atoms with Crippen LogP contribution in [0.25, 0.3) is 0 Å². The summed E-state index contributed by atoms with van der Waals surface area (Å²) in [5, 5.41) is 3.46. The highest BCUT2D eigenvalue weighted by Gasteiger charge is 2.17. The van der Waals surface area contributed by atoms with Gasteiger partial charge in [0, 0.05) is 12.1 Å². The number of hydrogen-bond donors (Lipinski definition) is 1. The van der Waals surface area contributed by atoms with Crippen LogP contribution in [0.4, 0.5) is 0 Å². The first-order valence-corrected chi connectivity index (χ1v) is 6.93. The van der Waals surface area contributed by atoms with Crippen molar-refractivity contribution in [3.05, 3.63) is 0 Å². The van der Waals surface area contributed by atoms with Gasteiger partial charge in [0.1, 0.15) is 0 Å². The van der Waals surface area contributed by atoms with Gasteiger partial charge in [-0.1, -0.05) is 20.8 Å². The third kappa shape index (κ3) is 6.49. The first-order valence-electron chi connectivity index (χ1n) is 6.93. The van der Waals surface area contributed by atoms with Gasteiger partial charge in [-0.25, -0.2) is 0 Å². The Labute approximate surface area is 103 Å². The molecule has 0 aromatic heterocycles. The number of rotatable bonds is 9. The highest BCUT2D eigenvalue weighted by molar-refractivity contribution is 4.72. The molecule has 0 amide bonds. The highest BCUT2D eigenvalue weighted by atomic mass is 15.2. The molecule has 0 aliphatic carbocycles. The van der Waals surface area contributed by atoms with Crippen LogP contribution in [0.3, 0.4) is 0 Å². The Balaban J connectivity index is 3.66. The van der Waals surface area contributed by atoms with E-state index in [0.717, 1.165) is 12.5 Å². The molecular formula is C14H32N2. The number of nitrogens with one attached hydrogen (secondary N) is 1. The van der Waals surface area contributed by atoms with Gasteiger partial charge >= 0.3 is 0 Å². The molecule has 0 aliphatic heterocycles. The Morgan fingerprint density at radius 1 is 1.06 bits per heavy atom. The monoisotopic (exact) mass is 228 g/mol. The van der Waals surface area contributed by atoms with E-state index < -0.39 is 0 Å². The molecule has 0 aromatic carbocycles. The molecule has 1 N–H and O–H groups in total. The third-order valence-electron chi connectivity index (χ3n) is 3.70. The average Bonchev–Trinajstić information content (AvgIpc) is 2.26. The number of hydrogen-bond acceptors (Lipinski definition) is 2. The largest absolute Gasteiger partial charge is 0.317 e. The lowest BCUT2D eigenvalue weighted by molar-refractivity contribution is 0.149. The summed E-state index contributed by atoms with van der Waals surface area (Å²) < 4.78 is 0. The van der Waals surface area contributed by atoms with Crippen molar-refractivity contribution in [3.63, 3.8) is 0 Å². The van der Waals surface area contributed by atoms with Gasteiger partial charge in [-0.05, 0) is 59.2 Å². The Bertz CT molecular complexity index is 157. The Hall–Kier alpha value is -0.0800. The summed E-state index contributed by atoms with van der Waals surface area (Å²) in [5.41, 5.74) is 0. The highest BCUT2D eigenvalue weighted by Crippen LogP contribution is 2.14. The lowest BCUT2D eigenvalue weighted by atomic mass is 10.0. The minimum atomic E-state index is 0.679. The maximum atomic E-state index is 3.46. The molecule has 0 rings (SSSR count). The molecule has 2 nitrogen and oxygen atoms in total. The first kappa shape index (κ1) is 15.9. The molecule has 0 saturated carbocycles. The summed E-state index contributed by atoms with van der Waals surface area (Å²) in [6.45, 7) is 13.8. The van der Waals surface area contributed by atoms with Gasteiger partial charge in [0.2, 0.25) is 0 Å². The fraction of sp³-hybridized carbons (Fsp3) is 1.00. The van der Waals surface area contributed by atoms with E-state index in [-0.39, 0.29) is 0 Å². The van der Waals surface area contributed by atoms with E-state index in [4.69, 9.17) is 0 Å². The smallest absolute Gasteiger partial charge is 0.00896 e. The minimum Gasteiger partial charge on any atom is -0.317 e. The van der Waals surface area contributed by atoms with Crippen LogP contribution >= 0.6 is 0 Å². The molecule has 0 fully saturated rings. The van der Waals surface area contributed by atoms with E-state index in [9.17, 15) is 0 Å². The van der Waals surface area contributed by atoms with Gasteiger partial charge < -0.3 is 10.2 Å². The van der Waals surface area contributed by atoms with E-state index in [0.29, 0.717) is 12.1 Å². The number of nitrogens with zero attached hydrogens (tertiary/aromatic N) is 1. The lowest BCUT2D eigenvalue weighted by Gasteiger charge is -2.33. The summed E-state index contributed by atoms with van der Waals surface area (Å²) in [4.78, 5) is 2.52. The zero-order valence-corrected chi connectivity index (χ0v) is 12.2. The van der Waals surface area contributed by atoms with Crippen LogP contribution in [0, 0.1) is 5.92 Å². The van der Waals surface area contributed by atoms with Gasteiger partial charge in [0.15, 0.2) is 0 Å². The second kappa shape index (κ2) is 9.00. The average molecular weight is 228 g/mol. The fourth-order valence-electron chi connectivity index (χ4n) is 1.90. The fourth-order valence-corrected chi connectivity index (χ4v) is 1.90. The summed E-state index contributed by atoms with van der Waals surface area (Å²) in [5.74, 6) is 0.741. The molecule has 2 heteroatoms. The molecule has 0 spiro atoms. The molecule has 0 heterocycles. The molecular weight excluding hydrogens is 196 g/mol. The van der Waals surface area contributed by atoms with E-state index in [2.05, 4.69) is 51.9 Å². The molecule has 0 aliphatic rings. The summed E-state index contributed by atoms with van der Waals surface area (Å²) >= 11 is 0. The van der Waals surface area contributed by atoms with E-state index in [1.807, 2.05) is 0 Å². The SMILES string of the molecule is CCCNCCCC(C)N(C)C(C)C(C)C. The molecule has 0 aromatic rings. The van der Waals surface area contributed by atoms with Crippen LogP contribution in [0.2, 0.25) is 0 Å². The van der Waals surface area contributed by atoms with E-state index >= 15 is 0 Å². The summed E-state index contributed by atoms with van der Waals surface area (Å²) in [7, 11) is 2.26. The van der Waals surface area contributed by atoms with Gasteiger partial charge in [-0.3, -0.25) is 0 Å². The van der Waals surface area contributed by atoms with Gasteiger partial charge in [-0.15, -0.1) is 0 Å². The Kier molecular flexibility index (Phi) is 8.96. The van der Waals surface area contributed by atoms with Gasteiger partial charge in [0.25, 0.3) is 0 Å². The van der Waals surface area contributed by atoms with Crippen LogP contribution < -0.4 is 5.32 Å². The zero-order valence-electron chi connectivity index (χ0n) is 12.2. The lowest BCUT2D eigenvalue weighted by Crippen LogP contribution is -2.40. The first-order chi connectivity index (χ1) is 7.50. The Morgan fingerprint density at radius 2 is 1.69 bits per heavy atom. The second-order valence-electron chi connectivity index (χ2n) is 5.39. The van der Waals surface area contributed by atoms with Crippen molar-refractivity contribution >= 4 is 0 Å². The van der Waals surface area contributed by atoms with Crippen LogP contribution in [0.15, 0.2) is 0 Å². The minimum absolute atomic E-state index is 0.679. The predicted octanol–water partition coefficient (Wildman–Crippen LogP) is 3.13.